The Kier molecular flexibility index (Phi) is 10.6. The molecule has 1 aliphatic rings. The summed E-state index contributed by atoms with van der Waals surface area (Å²) >= 11 is 0. The molecule has 8 heteroatoms. The SMILES string of the molecule is C/C1=C/[C@H](C)[C@@H](/C(C)=C/c2coc(CO)n2)OC(=O)C[C@H](O)C(C)(C)C(=O)[C@H](C)[C@@H](O)[C@@H](C)CCC1. The van der Waals surface area contributed by atoms with Crippen molar-refractivity contribution in [1.82, 2.24) is 4.98 Å². The van der Waals surface area contributed by atoms with Crippen molar-refractivity contribution < 1.29 is 34.1 Å². The zero-order chi connectivity index (χ0) is 27.2. The summed E-state index contributed by atoms with van der Waals surface area (Å²) in [4.78, 5) is 30.4. The molecule has 0 saturated heterocycles. The minimum absolute atomic E-state index is 0.0795. The topological polar surface area (TPSA) is 130 Å². The number of cyclic esters (lactones) is 1. The van der Waals surface area contributed by atoms with Crippen molar-refractivity contribution in [3.8, 4) is 0 Å². The van der Waals surface area contributed by atoms with Gasteiger partial charge in [-0.1, -0.05) is 46.3 Å². The van der Waals surface area contributed by atoms with Crippen LogP contribution in [0.1, 0.15) is 85.7 Å². The average Bonchev–Trinajstić information content (AvgIpc) is 3.27. The number of carbonyl (C=O) groups excluding carboxylic acids is 2. The summed E-state index contributed by atoms with van der Waals surface area (Å²) in [5.74, 6) is -1.63. The summed E-state index contributed by atoms with van der Waals surface area (Å²) in [6.07, 6.45) is 4.61. The van der Waals surface area contributed by atoms with E-state index in [1.807, 2.05) is 27.7 Å². The Morgan fingerprint density at radius 3 is 2.50 bits per heavy atom. The van der Waals surface area contributed by atoms with E-state index in [1.54, 1.807) is 26.8 Å². The zero-order valence-electron chi connectivity index (χ0n) is 22.7. The molecule has 2 rings (SSSR count). The summed E-state index contributed by atoms with van der Waals surface area (Å²) in [5.41, 5.74) is 1.13. The number of aliphatic hydroxyl groups is 3. The molecule has 6 atom stereocenters. The number of oxazole rings is 1. The summed E-state index contributed by atoms with van der Waals surface area (Å²) in [7, 11) is 0. The molecular weight excluding hydrogens is 462 g/mol. The molecule has 0 aromatic carbocycles. The molecule has 8 nitrogen and oxygen atoms in total. The van der Waals surface area contributed by atoms with Crippen molar-refractivity contribution in [2.75, 3.05) is 0 Å². The van der Waals surface area contributed by atoms with Crippen LogP contribution in [-0.2, 0) is 20.9 Å². The summed E-state index contributed by atoms with van der Waals surface area (Å²) in [6.45, 7) is 12.3. The van der Waals surface area contributed by atoms with Crippen LogP contribution >= 0.6 is 0 Å². The number of esters is 1. The molecule has 0 saturated carbocycles. The standard InChI is InChI=1S/C28H43NO7/c1-16-9-8-10-17(2)25(33)20(5)27(34)28(6,7)22(31)13-24(32)36-26(18(3)11-16)19(4)12-21-15-35-23(14-30)29-21/h11-12,15,17-18,20,22,25-26,30-31,33H,8-10,13-14H2,1-7H3/b16-11-,19-12+/t17-,18-,20+,22-,25-,26-/m0/s1. The maximum atomic E-state index is 13.2. The Morgan fingerprint density at radius 2 is 1.89 bits per heavy atom. The van der Waals surface area contributed by atoms with Crippen molar-refractivity contribution in [3.05, 3.63) is 35.1 Å². The van der Waals surface area contributed by atoms with Gasteiger partial charge in [0, 0.05) is 11.8 Å². The van der Waals surface area contributed by atoms with Gasteiger partial charge in [-0.15, -0.1) is 0 Å². The number of aromatic nitrogens is 1. The fourth-order valence-corrected chi connectivity index (χ4v) is 4.89. The number of hydrogen-bond donors (Lipinski definition) is 3. The molecule has 1 aromatic rings. The zero-order valence-corrected chi connectivity index (χ0v) is 22.7. The Bertz CT molecular complexity index is 961. The molecule has 202 valence electrons. The first-order valence-electron chi connectivity index (χ1n) is 12.8. The predicted molar refractivity (Wildman–Crippen MR) is 136 cm³/mol. The molecule has 1 aromatic heterocycles. The average molecular weight is 506 g/mol. The lowest BCUT2D eigenvalue weighted by Gasteiger charge is -2.34. The first-order valence-corrected chi connectivity index (χ1v) is 12.8. The lowest BCUT2D eigenvalue weighted by Crippen LogP contribution is -2.45. The van der Waals surface area contributed by atoms with Gasteiger partial charge in [-0.2, -0.15) is 0 Å². The van der Waals surface area contributed by atoms with E-state index in [9.17, 15) is 24.9 Å². The van der Waals surface area contributed by atoms with Gasteiger partial charge in [0.05, 0.1) is 24.0 Å². The smallest absolute Gasteiger partial charge is 0.309 e. The molecule has 36 heavy (non-hydrogen) atoms. The second-order valence-electron chi connectivity index (χ2n) is 10.9. The van der Waals surface area contributed by atoms with Crippen LogP contribution in [0.2, 0.25) is 0 Å². The van der Waals surface area contributed by atoms with Gasteiger partial charge < -0.3 is 24.5 Å². The Labute approximate surface area is 214 Å². The summed E-state index contributed by atoms with van der Waals surface area (Å²) in [5, 5.41) is 30.9. The second kappa shape index (κ2) is 12.8. The number of allylic oxidation sites excluding steroid dienone is 1. The number of carbonyl (C=O) groups is 2. The lowest BCUT2D eigenvalue weighted by molar-refractivity contribution is -0.155. The van der Waals surface area contributed by atoms with Crippen molar-refractivity contribution in [2.24, 2.45) is 23.2 Å². The Hall–Kier alpha value is -2.29. The highest BCUT2D eigenvalue weighted by atomic mass is 16.5. The maximum Gasteiger partial charge on any atom is 0.309 e. The number of nitrogens with zero attached hydrogens (tertiary/aromatic N) is 1. The van der Waals surface area contributed by atoms with E-state index in [0.29, 0.717) is 5.69 Å². The van der Waals surface area contributed by atoms with E-state index in [0.717, 1.165) is 30.4 Å². The molecule has 2 heterocycles. The number of aliphatic hydroxyl groups excluding tert-OH is 3. The first kappa shape index (κ1) is 29.9. The highest BCUT2D eigenvalue weighted by Crippen LogP contribution is 2.33. The maximum absolute atomic E-state index is 13.2. The third kappa shape index (κ3) is 7.60. The van der Waals surface area contributed by atoms with Crippen molar-refractivity contribution in [1.29, 1.82) is 0 Å². The van der Waals surface area contributed by atoms with E-state index in [-0.39, 0.29) is 36.5 Å². The summed E-state index contributed by atoms with van der Waals surface area (Å²) in [6, 6.07) is 0. The van der Waals surface area contributed by atoms with Crippen LogP contribution in [0.15, 0.2) is 27.9 Å². The predicted octanol–water partition coefficient (Wildman–Crippen LogP) is 4.23. The monoisotopic (exact) mass is 505 g/mol. The van der Waals surface area contributed by atoms with Crippen molar-refractivity contribution >= 4 is 17.8 Å². The number of ether oxygens (including phenoxy) is 1. The Balaban J connectivity index is 2.40. The molecule has 0 spiro atoms. The van der Waals surface area contributed by atoms with Gasteiger partial charge in [0.25, 0.3) is 0 Å². The molecular formula is C28H43NO7. The molecule has 0 bridgehead atoms. The number of ketones is 1. The fraction of sp³-hybridized carbons (Fsp3) is 0.679. The van der Waals surface area contributed by atoms with Gasteiger partial charge in [-0.05, 0) is 50.7 Å². The molecule has 0 unspecified atom stereocenters. The van der Waals surface area contributed by atoms with E-state index in [2.05, 4.69) is 11.1 Å². The van der Waals surface area contributed by atoms with Crippen LogP contribution in [0, 0.1) is 23.2 Å². The number of rotatable bonds is 3. The van der Waals surface area contributed by atoms with Gasteiger partial charge in [0.15, 0.2) is 0 Å². The van der Waals surface area contributed by atoms with Crippen LogP contribution in [0.3, 0.4) is 0 Å². The molecule has 0 fully saturated rings. The van der Waals surface area contributed by atoms with Crippen LogP contribution in [-0.4, -0.2) is 50.4 Å². The highest BCUT2D eigenvalue weighted by Gasteiger charge is 2.42. The Morgan fingerprint density at radius 1 is 1.22 bits per heavy atom. The summed E-state index contributed by atoms with van der Waals surface area (Å²) < 4.78 is 11.1. The minimum atomic E-state index is -1.27. The fourth-order valence-electron chi connectivity index (χ4n) is 4.89. The highest BCUT2D eigenvalue weighted by molar-refractivity contribution is 5.88. The van der Waals surface area contributed by atoms with Gasteiger partial charge in [0.2, 0.25) is 5.89 Å². The van der Waals surface area contributed by atoms with Crippen LogP contribution in [0.4, 0.5) is 0 Å². The van der Waals surface area contributed by atoms with Crippen LogP contribution < -0.4 is 0 Å². The van der Waals surface area contributed by atoms with Gasteiger partial charge in [-0.25, -0.2) is 4.98 Å². The van der Waals surface area contributed by atoms with Gasteiger partial charge >= 0.3 is 5.97 Å². The van der Waals surface area contributed by atoms with E-state index < -0.39 is 35.6 Å². The third-order valence-corrected chi connectivity index (χ3v) is 7.38. The number of Topliss-reactive ketones (excluding diaryl/α,β-unsaturated/α-hetero) is 1. The molecule has 0 radical (unpaired) electrons. The second-order valence-corrected chi connectivity index (χ2v) is 10.9. The normalized spacial score (nSPS) is 33.1. The van der Waals surface area contributed by atoms with E-state index in [1.165, 1.54) is 6.26 Å². The van der Waals surface area contributed by atoms with Crippen molar-refractivity contribution in [3.63, 3.8) is 0 Å². The third-order valence-electron chi connectivity index (χ3n) is 7.38. The number of hydrogen-bond acceptors (Lipinski definition) is 8. The van der Waals surface area contributed by atoms with Crippen molar-refractivity contribution in [2.45, 2.75) is 99.1 Å². The van der Waals surface area contributed by atoms with Crippen LogP contribution in [0.25, 0.3) is 6.08 Å². The minimum Gasteiger partial charge on any atom is -0.457 e. The molecule has 3 N–H and O–H groups in total. The van der Waals surface area contributed by atoms with Crippen LogP contribution in [0.5, 0.6) is 0 Å². The van der Waals surface area contributed by atoms with Gasteiger partial charge in [0.1, 0.15) is 30.5 Å². The molecule has 1 aliphatic heterocycles. The van der Waals surface area contributed by atoms with E-state index >= 15 is 0 Å². The first-order chi connectivity index (χ1) is 16.8. The van der Waals surface area contributed by atoms with Gasteiger partial charge in [-0.3, -0.25) is 9.59 Å². The quantitative estimate of drug-likeness (QED) is 0.411. The largest absolute Gasteiger partial charge is 0.457 e. The molecule has 0 amide bonds. The lowest BCUT2D eigenvalue weighted by atomic mass is 9.73. The van der Waals surface area contributed by atoms with E-state index in [4.69, 9.17) is 9.15 Å². The molecule has 0 aliphatic carbocycles.